The number of ether oxygens (including phenoxy) is 1. The zero-order valence-corrected chi connectivity index (χ0v) is 11.1. The molecule has 0 aromatic heterocycles. The molecule has 74 valence electrons. The topological polar surface area (TPSA) is 78.9 Å². The van der Waals surface area contributed by atoms with Gasteiger partial charge in [-0.1, -0.05) is 0 Å². The van der Waals surface area contributed by atoms with Crippen LogP contribution in [-0.2, 0) is 19.2 Å². The van der Waals surface area contributed by atoms with E-state index in [0.717, 1.165) is 0 Å². The number of hydrogen-bond acceptors (Lipinski definition) is 6. The summed E-state index contributed by atoms with van der Waals surface area (Å²) in [7, 11) is 0. The number of nitrogens with zero attached hydrogens (tertiary/aromatic N) is 1. The summed E-state index contributed by atoms with van der Waals surface area (Å²) in [6.07, 6.45) is -0.711. The molecule has 0 unspecified atom stereocenters. The average molecular weight is 227 g/mol. The minimum absolute atomic E-state index is 0. The number of hydroxylamine groups is 2. The molecule has 1 aliphatic heterocycles. The zero-order chi connectivity index (χ0) is 9.68. The van der Waals surface area contributed by atoms with E-state index in [1.807, 2.05) is 0 Å². The zero-order valence-electron chi connectivity index (χ0n) is 8.02. The summed E-state index contributed by atoms with van der Waals surface area (Å²) < 4.78 is 5.00. The SMILES string of the molecule is O=C([O-])CC(=O)ON1CCOCC1.[K+]. The Morgan fingerprint density at radius 3 is 2.43 bits per heavy atom. The maximum absolute atomic E-state index is 10.8. The van der Waals surface area contributed by atoms with Crippen LogP contribution in [0.3, 0.4) is 0 Å². The number of carbonyl (C=O) groups excluding carboxylic acids is 2. The average Bonchev–Trinajstić information content (AvgIpc) is 2.04. The maximum Gasteiger partial charge on any atom is 1.00 e. The second-order valence-corrected chi connectivity index (χ2v) is 2.55. The number of carboxylic acid groups (broad SMARTS) is 1. The van der Waals surface area contributed by atoms with Gasteiger partial charge in [-0.15, -0.1) is 5.06 Å². The Labute approximate surface area is 124 Å². The smallest absolute Gasteiger partial charge is 0.550 e. The summed E-state index contributed by atoms with van der Waals surface area (Å²) in [5, 5.41) is 11.4. The molecule has 0 radical (unpaired) electrons. The monoisotopic (exact) mass is 227 g/mol. The number of aliphatic carboxylic acids is 1. The number of carboxylic acids is 1. The van der Waals surface area contributed by atoms with Gasteiger partial charge in [-0.05, 0) is 0 Å². The largest absolute Gasteiger partial charge is 1.00 e. The molecule has 0 amide bonds. The Kier molecular flexibility index (Phi) is 8.02. The molecule has 1 fully saturated rings. The Morgan fingerprint density at radius 1 is 1.36 bits per heavy atom. The summed E-state index contributed by atoms with van der Waals surface area (Å²) in [5.74, 6) is -2.24. The van der Waals surface area contributed by atoms with Gasteiger partial charge in [-0.2, -0.15) is 0 Å². The molecule has 0 aromatic carbocycles. The van der Waals surface area contributed by atoms with Gasteiger partial charge in [-0.25, -0.2) is 4.79 Å². The second-order valence-electron chi connectivity index (χ2n) is 2.55. The van der Waals surface area contributed by atoms with Crippen LogP contribution in [0.25, 0.3) is 0 Å². The van der Waals surface area contributed by atoms with E-state index in [0.29, 0.717) is 26.3 Å². The van der Waals surface area contributed by atoms with Crippen molar-refractivity contribution in [3.63, 3.8) is 0 Å². The molecule has 7 heteroatoms. The van der Waals surface area contributed by atoms with Gasteiger partial charge in [0.15, 0.2) is 0 Å². The fourth-order valence-electron chi connectivity index (χ4n) is 0.932. The van der Waals surface area contributed by atoms with Crippen molar-refractivity contribution in [1.82, 2.24) is 5.06 Å². The molecule has 1 aliphatic rings. The first kappa shape index (κ1) is 14.5. The fourth-order valence-corrected chi connectivity index (χ4v) is 0.932. The Balaban J connectivity index is 0.00000169. The third kappa shape index (κ3) is 6.07. The van der Waals surface area contributed by atoms with Gasteiger partial charge in [0, 0.05) is 0 Å². The molecule has 1 heterocycles. The van der Waals surface area contributed by atoms with E-state index in [9.17, 15) is 14.7 Å². The van der Waals surface area contributed by atoms with Gasteiger partial charge in [0.2, 0.25) is 0 Å². The van der Waals surface area contributed by atoms with Crippen LogP contribution in [0.4, 0.5) is 0 Å². The first-order valence-corrected chi connectivity index (χ1v) is 3.92. The molecule has 0 aliphatic carbocycles. The number of morpholine rings is 1. The quantitative estimate of drug-likeness (QED) is 0.354. The van der Waals surface area contributed by atoms with Gasteiger partial charge in [0.1, 0.15) is 0 Å². The Hall–Kier alpha value is 0.496. The molecule has 0 saturated carbocycles. The molecule has 14 heavy (non-hydrogen) atoms. The van der Waals surface area contributed by atoms with Gasteiger partial charge >= 0.3 is 57.4 Å². The number of hydrogen-bond donors (Lipinski definition) is 0. The first-order valence-electron chi connectivity index (χ1n) is 3.92. The molecule has 0 N–H and O–H groups in total. The van der Waals surface area contributed by atoms with Gasteiger partial charge in [0.05, 0.1) is 38.7 Å². The predicted molar refractivity (Wildman–Crippen MR) is 38.1 cm³/mol. The summed E-state index contributed by atoms with van der Waals surface area (Å²) in [6, 6.07) is 0. The third-order valence-corrected chi connectivity index (χ3v) is 1.49. The van der Waals surface area contributed by atoms with E-state index >= 15 is 0 Å². The van der Waals surface area contributed by atoms with Crippen LogP contribution in [-0.4, -0.2) is 43.3 Å². The van der Waals surface area contributed by atoms with Crippen molar-refractivity contribution in [2.75, 3.05) is 26.3 Å². The minimum Gasteiger partial charge on any atom is -0.550 e. The van der Waals surface area contributed by atoms with Crippen LogP contribution in [0.1, 0.15) is 6.42 Å². The van der Waals surface area contributed by atoms with Crippen LogP contribution in [0, 0.1) is 0 Å². The molecule has 0 aromatic rings. The van der Waals surface area contributed by atoms with Crippen LogP contribution in [0.5, 0.6) is 0 Å². The molecule has 0 atom stereocenters. The summed E-state index contributed by atoms with van der Waals surface area (Å²) in [4.78, 5) is 25.5. The second kappa shape index (κ2) is 7.74. The summed E-state index contributed by atoms with van der Waals surface area (Å²) >= 11 is 0. The molecule has 0 bridgehead atoms. The molecular weight excluding hydrogens is 217 g/mol. The van der Waals surface area contributed by atoms with Gasteiger partial charge in [0.25, 0.3) is 0 Å². The fraction of sp³-hybridized carbons (Fsp3) is 0.714. The van der Waals surface area contributed by atoms with E-state index < -0.39 is 18.4 Å². The molecule has 1 rings (SSSR count). The number of carbonyl (C=O) groups is 2. The standard InChI is InChI=1S/C7H11NO5.K/c9-6(10)5-7(11)13-8-1-3-12-4-2-8;/h1-5H2,(H,9,10);/q;+1/p-1. The predicted octanol–water partition coefficient (Wildman–Crippen LogP) is -5.08. The van der Waals surface area contributed by atoms with Crippen LogP contribution in [0.15, 0.2) is 0 Å². The molecule has 0 spiro atoms. The van der Waals surface area contributed by atoms with Crippen molar-refractivity contribution in [2.45, 2.75) is 6.42 Å². The number of rotatable bonds is 3. The van der Waals surface area contributed by atoms with Crippen molar-refractivity contribution in [1.29, 1.82) is 0 Å². The van der Waals surface area contributed by atoms with Gasteiger partial charge in [-0.3, -0.25) is 0 Å². The van der Waals surface area contributed by atoms with E-state index in [-0.39, 0.29) is 51.4 Å². The molecular formula is C7H10KNO5. The molecule has 1 saturated heterocycles. The van der Waals surface area contributed by atoms with Crippen LogP contribution in [0.2, 0.25) is 0 Å². The molecule has 6 nitrogen and oxygen atoms in total. The van der Waals surface area contributed by atoms with E-state index in [4.69, 9.17) is 9.57 Å². The third-order valence-electron chi connectivity index (χ3n) is 1.49. The Morgan fingerprint density at radius 2 is 1.93 bits per heavy atom. The van der Waals surface area contributed by atoms with Gasteiger partial charge < -0.3 is 19.5 Å². The minimum atomic E-state index is -1.43. The summed E-state index contributed by atoms with van der Waals surface area (Å²) in [5.41, 5.74) is 0. The Bertz CT molecular complexity index is 204. The van der Waals surface area contributed by atoms with Crippen molar-refractivity contribution >= 4 is 11.9 Å². The van der Waals surface area contributed by atoms with Crippen LogP contribution < -0.4 is 56.5 Å². The first-order chi connectivity index (χ1) is 6.18. The van der Waals surface area contributed by atoms with E-state index in [2.05, 4.69) is 0 Å². The van der Waals surface area contributed by atoms with Crippen LogP contribution >= 0.6 is 0 Å². The van der Waals surface area contributed by atoms with E-state index in [1.54, 1.807) is 0 Å². The van der Waals surface area contributed by atoms with Crippen molar-refractivity contribution in [3.05, 3.63) is 0 Å². The van der Waals surface area contributed by atoms with Crippen molar-refractivity contribution in [2.24, 2.45) is 0 Å². The summed E-state index contributed by atoms with van der Waals surface area (Å²) in [6.45, 7) is 1.91. The maximum atomic E-state index is 10.8. The van der Waals surface area contributed by atoms with Crippen molar-refractivity contribution in [3.8, 4) is 0 Å². The normalized spacial score (nSPS) is 16.9. The van der Waals surface area contributed by atoms with Crippen molar-refractivity contribution < 1.29 is 75.7 Å². The van der Waals surface area contributed by atoms with E-state index in [1.165, 1.54) is 5.06 Å².